The summed E-state index contributed by atoms with van der Waals surface area (Å²) in [6.07, 6.45) is 6.82. The Bertz CT molecular complexity index is 371. The van der Waals surface area contributed by atoms with Gasteiger partial charge in [0.25, 0.3) is 0 Å². The van der Waals surface area contributed by atoms with Gasteiger partial charge < -0.3 is 15.0 Å². The van der Waals surface area contributed by atoms with E-state index in [2.05, 4.69) is 30.7 Å². The second-order valence-corrected chi connectivity index (χ2v) is 5.73. The van der Waals surface area contributed by atoms with Crippen LogP contribution in [0, 0.1) is 5.92 Å². The molecule has 3 nitrogen and oxygen atoms in total. The minimum atomic E-state index is 0.257. The van der Waals surface area contributed by atoms with E-state index >= 15 is 0 Å². The lowest BCUT2D eigenvalue weighted by atomic mass is 9.94. The Morgan fingerprint density at radius 2 is 2.33 bits per heavy atom. The average molecular weight is 250 g/mol. The maximum atomic E-state index is 6.13. The van der Waals surface area contributed by atoms with Crippen molar-refractivity contribution in [1.29, 1.82) is 0 Å². The van der Waals surface area contributed by atoms with E-state index < -0.39 is 0 Å². The summed E-state index contributed by atoms with van der Waals surface area (Å²) >= 11 is 0. The van der Waals surface area contributed by atoms with E-state index in [-0.39, 0.29) is 6.04 Å². The van der Waals surface area contributed by atoms with Crippen LogP contribution in [0.5, 0.6) is 0 Å². The number of rotatable bonds is 6. The zero-order chi connectivity index (χ0) is 13.0. The van der Waals surface area contributed by atoms with Gasteiger partial charge >= 0.3 is 0 Å². The van der Waals surface area contributed by atoms with E-state index in [1.807, 2.05) is 0 Å². The Kier molecular flexibility index (Phi) is 4.84. The van der Waals surface area contributed by atoms with Crippen molar-refractivity contribution in [2.45, 2.75) is 52.1 Å². The molecule has 1 unspecified atom stereocenters. The maximum absolute atomic E-state index is 6.13. The molecule has 0 fully saturated rings. The van der Waals surface area contributed by atoms with Gasteiger partial charge in [-0.25, -0.2) is 0 Å². The number of aryl methyl sites for hydroxylation is 1. The van der Waals surface area contributed by atoms with Crippen molar-refractivity contribution in [2.75, 3.05) is 13.2 Å². The van der Waals surface area contributed by atoms with Gasteiger partial charge in [0.1, 0.15) is 0 Å². The van der Waals surface area contributed by atoms with Gasteiger partial charge in [-0.05, 0) is 43.2 Å². The number of hydrogen-bond donors (Lipinski definition) is 1. The van der Waals surface area contributed by atoms with Crippen LogP contribution in [0.2, 0.25) is 0 Å². The Hall–Kier alpha value is -0.800. The molecule has 18 heavy (non-hydrogen) atoms. The number of nitrogens with zero attached hydrogens (tertiary/aromatic N) is 1. The van der Waals surface area contributed by atoms with E-state index in [9.17, 15) is 0 Å². The largest absolute Gasteiger partial charge is 0.381 e. The minimum absolute atomic E-state index is 0.257. The summed E-state index contributed by atoms with van der Waals surface area (Å²) in [5, 5.41) is 0. The zero-order valence-electron chi connectivity index (χ0n) is 11.7. The maximum Gasteiger partial charge on any atom is 0.0489 e. The van der Waals surface area contributed by atoms with Crippen LogP contribution in [0.3, 0.4) is 0 Å². The van der Waals surface area contributed by atoms with Gasteiger partial charge in [-0.15, -0.1) is 0 Å². The van der Waals surface area contributed by atoms with Crippen LogP contribution in [-0.4, -0.2) is 17.8 Å². The average Bonchev–Trinajstić information content (AvgIpc) is 2.73. The lowest BCUT2D eigenvalue weighted by Gasteiger charge is -2.21. The number of hydrogen-bond acceptors (Lipinski definition) is 2. The third kappa shape index (κ3) is 3.36. The molecule has 2 N–H and O–H groups in total. The second kappa shape index (κ2) is 6.39. The molecule has 1 aliphatic carbocycles. The third-order valence-electron chi connectivity index (χ3n) is 3.58. The van der Waals surface area contributed by atoms with E-state index in [1.165, 1.54) is 24.1 Å². The highest BCUT2D eigenvalue weighted by molar-refractivity contribution is 5.28. The van der Waals surface area contributed by atoms with E-state index in [1.54, 1.807) is 0 Å². The van der Waals surface area contributed by atoms with Crippen molar-refractivity contribution in [2.24, 2.45) is 11.7 Å². The van der Waals surface area contributed by atoms with Crippen molar-refractivity contribution in [1.82, 2.24) is 4.57 Å². The first kappa shape index (κ1) is 13.6. The molecule has 0 aromatic carbocycles. The molecule has 1 aromatic heterocycles. The van der Waals surface area contributed by atoms with Crippen LogP contribution in [0.4, 0.5) is 0 Å². The first-order valence-corrected chi connectivity index (χ1v) is 7.19. The fourth-order valence-corrected chi connectivity index (χ4v) is 2.66. The fourth-order valence-electron chi connectivity index (χ4n) is 2.66. The van der Waals surface area contributed by atoms with E-state index in [0.717, 1.165) is 32.6 Å². The minimum Gasteiger partial charge on any atom is -0.381 e. The molecule has 102 valence electrons. The van der Waals surface area contributed by atoms with Gasteiger partial charge in [0.05, 0.1) is 0 Å². The molecule has 0 saturated carbocycles. The number of aromatic nitrogens is 1. The lowest BCUT2D eigenvalue weighted by molar-refractivity contribution is 0.105. The Balaban J connectivity index is 1.80. The van der Waals surface area contributed by atoms with Gasteiger partial charge in [0.15, 0.2) is 0 Å². The first-order chi connectivity index (χ1) is 8.68. The number of fused-ring (bicyclic) bond motifs is 1. The molecule has 0 aliphatic heterocycles. The van der Waals surface area contributed by atoms with Crippen LogP contribution in [0.25, 0.3) is 0 Å². The third-order valence-corrected chi connectivity index (χ3v) is 3.58. The van der Waals surface area contributed by atoms with Gasteiger partial charge in [0, 0.05) is 37.7 Å². The lowest BCUT2D eigenvalue weighted by Crippen LogP contribution is -2.18. The molecule has 2 rings (SSSR count). The molecule has 0 bridgehead atoms. The highest BCUT2D eigenvalue weighted by Gasteiger charge is 2.19. The van der Waals surface area contributed by atoms with Crippen molar-refractivity contribution in [3.8, 4) is 0 Å². The summed E-state index contributed by atoms with van der Waals surface area (Å²) in [7, 11) is 0. The molecular formula is C15H26N2O. The van der Waals surface area contributed by atoms with Crippen LogP contribution in [-0.2, 0) is 17.7 Å². The van der Waals surface area contributed by atoms with E-state index in [4.69, 9.17) is 10.5 Å². The normalized spacial score (nSPS) is 19.2. The van der Waals surface area contributed by atoms with Crippen molar-refractivity contribution >= 4 is 0 Å². The van der Waals surface area contributed by atoms with Crippen LogP contribution < -0.4 is 5.73 Å². The van der Waals surface area contributed by atoms with Crippen molar-refractivity contribution in [3.63, 3.8) is 0 Å². The highest BCUT2D eigenvalue weighted by atomic mass is 16.5. The molecule has 0 spiro atoms. The smallest absolute Gasteiger partial charge is 0.0489 e. The molecule has 1 aromatic rings. The van der Waals surface area contributed by atoms with Crippen LogP contribution in [0.15, 0.2) is 12.3 Å². The van der Waals surface area contributed by atoms with E-state index in [0.29, 0.717) is 5.92 Å². The Morgan fingerprint density at radius 3 is 3.11 bits per heavy atom. The summed E-state index contributed by atoms with van der Waals surface area (Å²) in [5.41, 5.74) is 8.95. The highest BCUT2D eigenvalue weighted by Crippen LogP contribution is 2.28. The van der Waals surface area contributed by atoms with Crippen molar-refractivity contribution < 1.29 is 4.74 Å². The predicted molar refractivity (Wildman–Crippen MR) is 74.6 cm³/mol. The molecule has 3 heteroatoms. The number of ether oxygens (including phenoxy) is 1. The van der Waals surface area contributed by atoms with Gasteiger partial charge in [-0.3, -0.25) is 0 Å². The fraction of sp³-hybridized carbons (Fsp3) is 0.733. The first-order valence-electron chi connectivity index (χ1n) is 7.19. The summed E-state index contributed by atoms with van der Waals surface area (Å²) in [4.78, 5) is 0. The Labute approximate surface area is 110 Å². The molecule has 0 amide bonds. The van der Waals surface area contributed by atoms with Gasteiger partial charge in [-0.1, -0.05) is 13.8 Å². The molecular weight excluding hydrogens is 224 g/mol. The van der Waals surface area contributed by atoms with Gasteiger partial charge in [0.2, 0.25) is 0 Å². The molecule has 1 aliphatic rings. The summed E-state index contributed by atoms with van der Waals surface area (Å²) < 4.78 is 7.99. The van der Waals surface area contributed by atoms with Crippen LogP contribution >= 0.6 is 0 Å². The van der Waals surface area contributed by atoms with Gasteiger partial charge in [-0.2, -0.15) is 0 Å². The summed E-state index contributed by atoms with van der Waals surface area (Å²) in [6.45, 7) is 7.15. The standard InChI is InChI=1S/C15H26N2O/c1-12(2)11-18-10-4-8-17-9-7-13-14(16)5-3-6-15(13)17/h7,9,12,14H,3-6,8,10-11,16H2,1-2H3. The Morgan fingerprint density at radius 1 is 1.50 bits per heavy atom. The quantitative estimate of drug-likeness (QED) is 0.789. The summed E-state index contributed by atoms with van der Waals surface area (Å²) in [6, 6.07) is 2.46. The molecule has 1 atom stereocenters. The number of nitrogens with two attached hydrogens (primary N) is 1. The summed E-state index contributed by atoms with van der Waals surface area (Å²) in [5.74, 6) is 0.627. The SMILES string of the molecule is CC(C)COCCCn1ccc2c1CCCC2N. The van der Waals surface area contributed by atoms with Crippen molar-refractivity contribution in [3.05, 3.63) is 23.5 Å². The molecule has 0 saturated heterocycles. The second-order valence-electron chi connectivity index (χ2n) is 5.73. The molecule has 0 radical (unpaired) electrons. The molecule has 1 heterocycles. The topological polar surface area (TPSA) is 40.2 Å². The monoisotopic (exact) mass is 250 g/mol. The predicted octanol–water partition coefficient (Wildman–Crippen LogP) is 2.89. The van der Waals surface area contributed by atoms with Crippen LogP contribution in [0.1, 0.15) is 50.4 Å². The zero-order valence-corrected chi connectivity index (χ0v) is 11.7.